The van der Waals surface area contributed by atoms with Crippen molar-refractivity contribution >= 4 is 27.8 Å². The molecule has 1 amide bonds. The lowest BCUT2D eigenvalue weighted by Gasteiger charge is -2.24. The van der Waals surface area contributed by atoms with Gasteiger partial charge in [-0.05, 0) is 54.3 Å². The predicted molar refractivity (Wildman–Crippen MR) is 144 cm³/mol. The van der Waals surface area contributed by atoms with Crippen LogP contribution < -0.4 is 14.5 Å². The van der Waals surface area contributed by atoms with Gasteiger partial charge in [-0.15, -0.1) is 0 Å². The summed E-state index contributed by atoms with van der Waals surface area (Å²) in [7, 11) is -3.98. The number of ether oxygens (including phenoxy) is 1. The molecule has 8 heteroatoms. The number of hydrogen-bond acceptors (Lipinski definition) is 5. The van der Waals surface area contributed by atoms with E-state index in [4.69, 9.17) is 4.74 Å². The number of sulfonamides is 1. The van der Waals surface area contributed by atoms with E-state index in [2.05, 4.69) is 31.3 Å². The van der Waals surface area contributed by atoms with Gasteiger partial charge in [-0.1, -0.05) is 69.7 Å². The minimum Gasteiger partial charge on any atom is -0.493 e. The average molecular weight is 508 g/mol. The molecule has 0 aliphatic rings. The van der Waals surface area contributed by atoms with E-state index in [0.29, 0.717) is 29.5 Å². The summed E-state index contributed by atoms with van der Waals surface area (Å²) >= 11 is 0. The number of hydrogen-bond donors (Lipinski definition) is 1. The minimum absolute atomic E-state index is 0.104. The first-order valence-electron chi connectivity index (χ1n) is 12.0. The Morgan fingerprint density at radius 2 is 1.67 bits per heavy atom. The summed E-state index contributed by atoms with van der Waals surface area (Å²) < 4.78 is 33.8. The first kappa shape index (κ1) is 26.9. The topological polar surface area (TPSA) is 88.1 Å². The third-order valence-electron chi connectivity index (χ3n) is 5.53. The van der Waals surface area contributed by atoms with Gasteiger partial charge in [-0.3, -0.25) is 9.10 Å². The molecule has 0 aromatic heterocycles. The zero-order valence-electron chi connectivity index (χ0n) is 20.9. The second kappa shape index (κ2) is 12.9. The summed E-state index contributed by atoms with van der Waals surface area (Å²) in [4.78, 5) is 12.9. The highest BCUT2D eigenvalue weighted by molar-refractivity contribution is 7.92. The van der Waals surface area contributed by atoms with Crippen LogP contribution in [0, 0.1) is 0 Å². The SMILES string of the molecule is CCCCOc1ccccc1/C=N\NC(=O)CN(c1ccc(C(C)C)cc1)S(=O)(=O)c1ccccc1. The maximum atomic E-state index is 13.4. The van der Waals surface area contributed by atoms with Gasteiger partial charge in [0.1, 0.15) is 12.3 Å². The number of hydrazone groups is 1. The molecule has 0 unspecified atom stereocenters. The molecule has 0 spiro atoms. The van der Waals surface area contributed by atoms with Crippen LogP contribution in [0.2, 0.25) is 0 Å². The molecule has 0 atom stereocenters. The van der Waals surface area contributed by atoms with Crippen molar-refractivity contribution in [2.45, 2.75) is 44.4 Å². The van der Waals surface area contributed by atoms with Crippen LogP contribution >= 0.6 is 0 Å². The van der Waals surface area contributed by atoms with Gasteiger partial charge >= 0.3 is 0 Å². The van der Waals surface area contributed by atoms with E-state index in [0.717, 1.165) is 22.7 Å². The van der Waals surface area contributed by atoms with Gasteiger partial charge in [0, 0.05) is 5.56 Å². The molecule has 0 bridgehead atoms. The quantitative estimate of drug-likeness (QED) is 0.204. The number of unbranched alkanes of at least 4 members (excludes halogenated alkanes) is 1. The second-order valence-corrected chi connectivity index (χ2v) is 10.5. The van der Waals surface area contributed by atoms with E-state index in [1.54, 1.807) is 30.3 Å². The number of carbonyl (C=O) groups excluding carboxylic acids is 1. The van der Waals surface area contributed by atoms with Crippen LogP contribution in [0.25, 0.3) is 0 Å². The van der Waals surface area contributed by atoms with Crippen LogP contribution in [0.3, 0.4) is 0 Å². The largest absolute Gasteiger partial charge is 0.493 e. The molecule has 0 saturated carbocycles. The van der Waals surface area contributed by atoms with Crippen LogP contribution in [-0.2, 0) is 14.8 Å². The first-order valence-corrected chi connectivity index (χ1v) is 13.5. The predicted octanol–water partition coefficient (Wildman–Crippen LogP) is 5.33. The fourth-order valence-electron chi connectivity index (χ4n) is 3.44. The van der Waals surface area contributed by atoms with E-state index in [9.17, 15) is 13.2 Å². The Labute approximate surface area is 213 Å². The van der Waals surface area contributed by atoms with Crippen molar-refractivity contribution in [3.8, 4) is 5.75 Å². The van der Waals surface area contributed by atoms with Crippen LogP contribution in [-0.4, -0.2) is 33.7 Å². The Morgan fingerprint density at radius 1 is 1.00 bits per heavy atom. The van der Waals surface area contributed by atoms with Gasteiger partial charge in [0.05, 0.1) is 23.4 Å². The minimum atomic E-state index is -3.98. The molecule has 3 rings (SSSR count). The zero-order valence-corrected chi connectivity index (χ0v) is 21.7. The Kier molecular flexibility index (Phi) is 9.64. The molecule has 0 saturated heterocycles. The zero-order chi connectivity index (χ0) is 26.0. The molecule has 0 aliphatic heterocycles. The lowest BCUT2D eigenvalue weighted by atomic mass is 10.0. The van der Waals surface area contributed by atoms with Crippen LogP contribution in [0.15, 0.2) is 88.9 Å². The standard InChI is InChI=1S/C28H33N3O4S/c1-4-5-19-35-27-14-10-9-11-24(27)20-29-30-28(32)21-31(25-17-15-23(16-18-25)22(2)3)36(33,34)26-12-7-6-8-13-26/h6-18,20,22H,4-5,19,21H2,1-3H3,(H,30,32)/b29-20-. The fourth-order valence-corrected chi connectivity index (χ4v) is 4.89. The summed E-state index contributed by atoms with van der Waals surface area (Å²) in [5, 5.41) is 4.04. The van der Waals surface area contributed by atoms with E-state index in [1.165, 1.54) is 18.3 Å². The first-order chi connectivity index (χ1) is 17.3. The van der Waals surface area contributed by atoms with Gasteiger partial charge in [0.2, 0.25) is 0 Å². The molecule has 7 nitrogen and oxygen atoms in total. The Hall–Kier alpha value is -3.65. The molecular weight excluding hydrogens is 474 g/mol. The van der Waals surface area contributed by atoms with Crippen molar-refractivity contribution < 1.29 is 17.9 Å². The van der Waals surface area contributed by atoms with Gasteiger partial charge in [0.25, 0.3) is 15.9 Å². The molecule has 0 radical (unpaired) electrons. The molecule has 190 valence electrons. The fraction of sp³-hybridized carbons (Fsp3) is 0.286. The molecule has 0 fully saturated rings. The van der Waals surface area contributed by atoms with Crippen molar-refractivity contribution in [3.05, 3.63) is 90.0 Å². The average Bonchev–Trinajstić information content (AvgIpc) is 2.89. The molecule has 3 aromatic carbocycles. The van der Waals surface area contributed by atoms with E-state index in [-0.39, 0.29) is 4.90 Å². The van der Waals surface area contributed by atoms with E-state index >= 15 is 0 Å². The van der Waals surface area contributed by atoms with E-state index < -0.39 is 22.5 Å². The normalized spacial score (nSPS) is 11.6. The van der Waals surface area contributed by atoms with E-state index in [1.807, 2.05) is 36.4 Å². The molecule has 0 heterocycles. The number of anilines is 1. The molecular formula is C28H33N3O4S. The maximum Gasteiger partial charge on any atom is 0.264 e. The van der Waals surface area contributed by atoms with Crippen molar-refractivity contribution in [1.82, 2.24) is 5.43 Å². The molecule has 3 aromatic rings. The van der Waals surface area contributed by atoms with Crippen molar-refractivity contribution in [2.75, 3.05) is 17.5 Å². The molecule has 1 N–H and O–H groups in total. The highest BCUT2D eigenvalue weighted by atomic mass is 32.2. The summed E-state index contributed by atoms with van der Waals surface area (Å²) in [6, 6.07) is 22.6. The number of para-hydroxylation sites is 1. The van der Waals surface area contributed by atoms with Gasteiger partial charge in [0.15, 0.2) is 0 Å². The molecule has 0 aliphatic carbocycles. The van der Waals surface area contributed by atoms with Gasteiger partial charge < -0.3 is 4.74 Å². The van der Waals surface area contributed by atoms with Crippen LogP contribution in [0.4, 0.5) is 5.69 Å². The third-order valence-corrected chi connectivity index (χ3v) is 7.32. The highest BCUT2D eigenvalue weighted by Gasteiger charge is 2.27. The number of nitrogens with one attached hydrogen (secondary N) is 1. The third kappa shape index (κ3) is 7.18. The lowest BCUT2D eigenvalue weighted by molar-refractivity contribution is -0.119. The Balaban J connectivity index is 1.79. The number of benzene rings is 3. The summed E-state index contributed by atoms with van der Waals surface area (Å²) in [6.07, 6.45) is 3.45. The smallest absolute Gasteiger partial charge is 0.264 e. The number of nitrogens with zero attached hydrogens (tertiary/aromatic N) is 2. The van der Waals surface area contributed by atoms with Crippen LogP contribution in [0.1, 0.15) is 50.7 Å². The highest BCUT2D eigenvalue weighted by Crippen LogP contribution is 2.25. The van der Waals surface area contributed by atoms with Crippen molar-refractivity contribution in [1.29, 1.82) is 0 Å². The number of carbonyl (C=O) groups is 1. The second-order valence-electron chi connectivity index (χ2n) is 8.60. The van der Waals surface area contributed by atoms with Crippen LogP contribution in [0.5, 0.6) is 5.75 Å². The lowest BCUT2D eigenvalue weighted by Crippen LogP contribution is -2.39. The summed E-state index contributed by atoms with van der Waals surface area (Å²) in [6.45, 7) is 6.38. The Morgan fingerprint density at radius 3 is 2.33 bits per heavy atom. The number of amides is 1. The monoisotopic (exact) mass is 507 g/mol. The van der Waals surface area contributed by atoms with Gasteiger partial charge in [-0.25, -0.2) is 13.8 Å². The maximum absolute atomic E-state index is 13.4. The molecule has 36 heavy (non-hydrogen) atoms. The Bertz CT molecular complexity index is 1260. The van der Waals surface area contributed by atoms with Crippen molar-refractivity contribution in [2.24, 2.45) is 5.10 Å². The van der Waals surface area contributed by atoms with Crippen molar-refractivity contribution in [3.63, 3.8) is 0 Å². The summed E-state index contributed by atoms with van der Waals surface area (Å²) in [5.41, 5.74) is 4.64. The number of rotatable bonds is 12. The van der Waals surface area contributed by atoms with Gasteiger partial charge in [-0.2, -0.15) is 5.10 Å². The summed E-state index contributed by atoms with van der Waals surface area (Å²) in [5.74, 6) is 0.398.